The number of anilines is 2. The van der Waals surface area contributed by atoms with E-state index >= 15 is 0 Å². The molecule has 2 amide bonds. The van der Waals surface area contributed by atoms with E-state index < -0.39 is 0 Å². The summed E-state index contributed by atoms with van der Waals surface area (Å²) in [4.78, 5) is 46.5. The molecule has 3 heterocycles. The van der Waals surface area contributed by atoms with E-state index in [1.54, 1.807) is 11.6 Å². The lowest BCUT2D eigenvalue weighted by Crippen LogP contribution is -2.36. The minimum atomic E-state index is -0.334. The number of aromatic nitrogens is 2. The van der Waals surface area contributed by atoms with Crippen molar-refractivity contribution in [2.75, 3.05) is 43.9 Å². The average Bonchev–Trinajstić information content (AvgIpc) is 3.34. The molecule has 1 aromatic carbocycles. The highest BCUT2D eigenvalue weighted by atomic mass is 32.1. The van der Waals surface area contributed by atoms with Crippen LogP contribution in [0.15, 0.2) is 34.4 Å². The first-order valence-electron chi connectivity index (χ1n) is 15.4. The summed E-state index contributed by atoms with van der Waals surface area (Å²) in [5, 5.41) is 14.9. The first kappa shape index (κ1) is 31.9. The molecule has 1 aliphatic carbocycles. The number of likely N-dealkylation sites (tertiary alicyclic amines) is 1. The summed E-state index contributed by atoms with van der Waals surface area (Å²) in [5.41, 5.74) is 3.48. The van der Waals surface area contributed by atoms with Gasteiger partial charge in [-0.2, -0.15) is 0 Å². The summed E-state index contributed by atoms with van der Waals surface area (Å²) in [6.07, 6.45) is 4.21. The Balaban J connectivity index is 1.29. The number of nitrogens with one attached hydrogen (secondary N) is 4. The van der Waals surface area contributed by atoms with Crippen LogP contribution in [0.5, 0.6) is 0 Å². The molecule has 4 N–H and O–H groups in total. The Morgan fingerprint density at radius 1 is 1.16 bits per heavy atom. The maximum atomic E-state index is 13.5. The molecule has 44 heavy (non-hydrogen) atoms. The summed E-state index contributed by atoms with van der Waals surface area (Å²) in [5.74, 6) is -0.413. The smallest absolute Gasteiger partial charge is 0.276 e. The number of hydrogen-bond acceptors (Lipinski definition) is 9. The van der Waals surface area contributed by atoms with Gasteiger partial charge in [-0.3, -0.25) is 24.3 Å². The Bertz CT molecular complexity index is 1690. The van der Waals surface area contributed by atoms with Crippen LogP contribution in [0, 0.1) is 0 Å². The van der Waals surface area contributed by atoms with Crippen LogP contribution < -0.4 is 36.0 Å². The van der Waals surface area contributed by atoms with Crippen LogP contribution in [-0.2, 0) is 16.8 Å². The van der Waals surface area contributed by atoms with Gasteiger partial charge in [0.2, 0.25) is 0 Å². The number of likely N-dealkylation sites (N-methyl/N-ethyl adjacent to an activating group) is 1. The van der Waals surface area contributed by atoms with E-state index in [1.807, 2.05) is 36.6 Å². The summed E-state index contributed by atoms with van der Waals surface area (Å²) in [7, 11) is 1.69. The summed E-state index contributed by atoms with van der Waals surface area (Å²) in [6.45, 7) is 12.6. The van der Waals surface area contributed by atoms with Crippen LogP contribution in [0.4, 0.5) is 10.8 Å². The third kappa shape index (κ3) is 7.41. The van der Waals surface area contributed by atoms with Crippen molar-refractivity contribution < 1.29 is 9.59 Å². The predicted molar refractivity (Wildman–Crippen MR) is 180 cm³/mol. The molecule has 236 valence electrons. The fourth-order valence-corrected chi connectivity index (χ4v) is 7.65. The van der Waals surface area contributed by atoms with Crippen molar-refractivity contribution in [2.24, 2.45) is 0 Å². The van der Waals surface area contributed by atoms with Crippen molar-refractivity contribution in [3.05, 3.63) is 60.5 Å². The molecule has 1 aliphatic heterocycles. The van der Waals surface area contributed by atoms with Crippen molar-refractivity contribution in [1.29, 1.82) is 0 Å². The fraction of sp³-hybridized carbons (Fsp3) is 0.500. The highest BCUT2D eigenvalue weighted by Crippen LogP contribution is 2.33. The monoisotopic (exact) mass is 637 g/mol. The Morgan fingerprint density at radius 3 is 2.61 bits per heavy atom. The standard InChI is InChI=1S/C32H43N7O3S2/c1-6-39-29(42)26(44-30(39)25(33-5)28(41)37-31-36-24(19-43-31)32(2,3)4)22-18-23(22)35-21-12-9-11-20(17-21)27(40)34-13-10-16-38-14-7-8-15-38/h9,11-12,17,19,23,33,35H,6-8,10,13-16,18H2,1-5H3,(H,34,40)(H,36,37,41)/b26-22?,30-25+. The van der Waals surface area contributed by atoms with E-state index in [1.165, 1.54) is 35.5 Å². The number of hydrogen-bond donors (Lipinski definition) is 4. The van der Waals surface area contributed by atoms with Gasteiger partial charge in [0.1, 0.15) is 10.4 Å². The molecule has 3 aromatic rings. The van der Waals surface area contributed by atoms with Crippen LogP contribution >= 0.6 is 22.7 Å². The molecule has 0 spiro atoms. The van der Waals surface area contributed by atoms with Crippen LogP contribution in [0.1, 0.15) is 69.4 Å². The summed E-state index contributed by atoms with van der Waals surface area (Å²) < 4.78 is 2.88. The molecule has 1 saturated heterocycles. The van der Waals surface area contributed by atoms with Gasteiger partial charge in [-0.05, 0) is 76.0 Å². The molecule has 10 nitrogen and oxygen atoms in total. The van der Waals surface area contributed by atoms with Crippen molar-refractivity contribution in [2.45, 2.75) is 71.4 Å². The topological polar surface area (TPSA) is 120 Å². The van der Waals surface area contributed by atoms with E-state index in [4.69, 9.17) is 0 Å². The van der Waals surface area contributed by atoms with E-state index in [0.717, 1.165) is 49.4 Å². The molecular weight excluding hydrogens is 595 g/mol. The second kappa shape index (κ2) is 13.7. The van der Waals surface area contributed by atoms with E-state index in [0.29, 0.717) is 38.7 Å². The zero-order chi connectivity index (χ0) is 31.4. The lowest BCUT2D eigenvalue weighted by Gasteiger charge is -2.14. The van der Waals surface area contributed by atoms with Crippen LogP contribution in [0.25, 0.3) is 11.3 Å². The first-order chi connectivity index (χ1) is 21.1. The SMILES string of the molecule is CCn1c(=O)c(=C2CC2Nc2cccc(C(=O)NCCCN3CCCC3)c2)s/c1=C(/NC)C(=O)Nc1nc(C(C)(C)C)cs1. The molecule has 12 heteroatoms. The minimum absolute atomic E-state index is 0.00345. The Labute approximate surface area is 266 Å². The molecule has 2 aliphatic rings. The molecular formula is C32H43N7O3S2. The number of benzene rings is 1. The van der Waals surface area contributed by atoms with Gasteiger partial charge < -0.3 is 20.9 Å². The van der Waals surface area contributed by atoms with Gasteiger partial charge in [-0.15, -0.1) is 22.7 Å². The number of amides is 2. The zero-order valence-corrected chi connectivity index (χ0v) is 27.8. The Hall–Kier alpha value is -3.48. The average molecular weight is 638 g/mol. The van der Waals surface area contributed by atoms with Gasteiger partial charge in [0.25, 0.3) is 17.4 Å². The van der Waals surface area contributed by atoms with Crippen molar-refractivity contribution in [3.63, 3.8) is 0 Å². The van der Waals surface area contributed by atoms with Crippen molar-refractivity contribution in [3.8, 4) is 0 Å². The van der Waals surface area contributed by atoms with Gasteiger partial charge in [0.15, 0.2) is 5.13 Å². The molecule has 2 aromatic heterocycles. The second-order valence-corrected chi connectivity index (χ2v) is 14.2. The third-order valence-electron chi connectivity index (χ3n) is 7.96. The normalized spacial score (nSPS) is 18.6. The van der Waals surface area contributed by atoms with Crippen LogP contribution in [0.3, 0.4) is 0 Å². The lowest BCUT2D eigenvalue weighted by atomic mass is 9.93. The van der Waals surface area contributed by atoms with Crippen molar-refractivity contribution >= 4 is 56.6 Å². The highest BCUT2D eigenvalue weighted by Gasteiger charge is 2.33. The fourth-order valence-electron chi connectivity index (χ4n) is 5.35. The lowest BCUT2D eigenvalue weighted by molar-refractivity contribution is -0.111. The third-order valence-corrected chi connectivity index (χ3v) is 9.98. The maximum Gasteiger partial charge on any atom is 0.276 e. The van der Waals surface area contributed by atoms with Gasteiger partial charge >= 0.3 is 0 Å². The quantitative estimate of drug-likeness (QED) is 0.239. The Kier molecular flexibility index (Phi) is 9.91. The number of thiazole rings is 2. The van der Waals surface area contributed by atoms with Crippen LogP contribution in [-0.4, -0.2) is 65.5 Å². The number of carbonyl (C=O) groups excluding carboxylic acids is 2. The molecule has 1 atom stereocenters. The second-order valence-electron chi connectivity index (χ2n) is 12.3. The first-order valence-corrected chi connectivity index (χ1v) is 17.1. The van der Waals surface area contributed by atoms with Crippen molar-refractivity contribution in [1.82, 2.24) is 25.1 Å². The van der Waals surface area contributed by atoms with E-state index in [9.17, 15) is 14.4 Å². The summed E-state index contributed by atoms with van der Waals surface area (Å²) in [6, 6.07) is 7.48. The van der Waals surface area contributed by atoms with Gasteiger partial charge in [-0.1, -0.05) is 26.8 Å². The molecule has 5 rings (SSSR count). The van der Waals surface area contributed by atoms with Gasteiger partial charge in [-0.25, -0.2) is 4.98 Å². The molecule has 2 fully saturated rings. The maximum absolute atomic E-state index is 13.5. The zero-order valence-electron chi connectivity index (χ0n) is 26.2. The summed E-state index contributed by atoms with van der Waals surface area (Å²) >= 11 is 2.72. The number of carbonyl (C=O) groups is 2. The van der Waals surface area contributed by atoms with Gasteiger partial charge in [0, 0.05) is 42.2 Å². The molecule has 0 bridgehead atoms. The Morgan fingerprint density at radius 2 is 1.93 bits per heavy atom. The number of nitrogens with zero attached hydrogens (tertiary/aromatic N) is 3. The minimum Gasteiger partial charge on any atom is -0.381 e. The van der Waals surface area contributed by atoms with E-state index in [2.05, 4.69) is 51.9 Å². The van der Waals surface area contributed by atoms with E-state index in [-0.39, 0.29) is 28.8 Å². The molecule has 1 unspecified atom stereocenters. The largest absolute Gasteiger partial charge is 0.381 e. The predicted octanol–water partition coefficient (Wildman–Crippen LogP) is 2.90. The number of rotatable bonds is 11. The molecule has 1 saturated carbocycles. The molecule has 0 radical (unpaired) electrons. The van der Waals surface area contributed by atoms with Crippen LogP contribution in [0.2, 0.25) is 0 Å². The highest BCUT2D eigenvalue weighted by molar-refractivity contribution is 7.14. The van der Waals surface area contributed by atoms with Gasteiger partial charge in [0.05, 0.1) is 16.3 Å².